The maximum atomic E-state index is 6.06. The van der Waals surface area contributed by atoms with E-state index in [4.69, 9.17) is 10.5 Å². The van der Waals surface area contributed by atoms with Crippen LogP contribution in [0.1, 0.15) is 32.7 Å². The molecule has 0 aromatic carbocycles. The molecular formula is C13H19N5OS. The lowest BCUT2D eigenvalue weighted by molar-refractivity contribution is 0.234. The number of hydrogen-bond donors (Lipinski definition) is 2. The Bertz CT molecular complexity index is 568. The van der Waals surface area contributed by atoms with Gasteiger partial charge in [0, 0.05) is 11.6 Å². The summed E-state index contributed by atoms with van der Waals surface area (Å²) in [5, 5.41) is 6.19. The van der Waals surface area contributed by atoms with Gasteiger partial charge in [-0.15, -0.1) is 11.3 Å². The number of rotatable bonds is 5. The summed E-state index contributed by atoms with van der Waals surface area (Å²) in [6, 6.07) is 0. The van der Waals surface area contributed by atoms with E-state index in [-0.39, 0.29) is 11.6 Å². The average Bonchev–Trinajstić information content (AvgIpc) is 2.88. The third-order valence-corrected chi connectivity index (χ3v) is 3.69. The number of thiazole rings is 1. The summed E-state index contributed by atoms with van der Waals surface area (Å²) in [6.45, 7) is 7.90. The van der Waals surface area contributed by atoms with Gasteiger partial charge >= 0.3 is 0 Å². The SMILES string of the molecule is CC(C)Oc1ncnc(NC(C)(C)c2nccs2)c1N. The molecule has 0 fully saturated rings. The molecule has 7 heteroatoms. The Morgan fingerprint density at radius 3 is 2.65 bits per heavy atom. The number of anilines is 2. The number of aromatic nitrogens is 3. The molecule has 0 atom stereocenters. The van der Waals surface area contributed by atoms with Crippen molar-refractivity contribution in [3.8, 4) is 5.88 Å². The second-order valence-electron chi connectivity index (χ2n) is 5.19. The van der Waals surface area contributed by atoms with Crippen molar-refractivity contribution in [2.45, 2.75) is 39.3 Å². The second kappa shape index (κ2) is 5.62. The van der Waals surface area contributed by atoms with Gasteiger partial charge in [0.1, 0.15) is 17.0 Å². The van der Waals surface area contributed by atoms with E-state index < -0.39 is 0 Å². The quantitative estimate of drug-likeness (QED) is 0.881. The molecule has 0 saturated carbocycles. The van der Waals surface area contributed by atoms with Crippen molar-refractivity contribution in [2.24, 2.45) is 0 Å². The fourth-order valence-corrected chi connectivity index (χ4v) is 2.40. The molecule has 0 unspecified atom stereocenters. The highest BCUT2D eigenvalue weighted by atomic mass is 32.1. The largest absolute Gasteiger partial charge is 0.473 e. The summed E-state index contributed by atoms with van der Waals surface area (Å²) in [5.41, 5.74) is 6.10. The van der Waals surface area contributed by atoms with E-state index in [0.29, 0.717) is 17.4 Å². The van der Waals surface area contributed by atoms with E-state index in [1.807, 2.05) is 33.1 Å². The molecule has 2 aromatic rings. The monoisotopic (exact) mass is 293 g/mol. The Balaban J connectivity index is 2.26. The maximum Gasteiger partial charge on any atom is 0.242 e. The molecule has 108 valence electrons. The van der Waals surface area contributed by atoms with Gasteiger partial charge in [-0.1, -0.05) is 0 Å². The Morgan fingerprint density at radius 1 is 1.30 bits per heavy atom. The van der Waals surface area contributed by atoms with Crippen molar-refractivity contribution in [2.75, 3.05) is 11.1 Å². The Hall–Kier alpha value is -1.89. The standard InChI is InChI=1S/C13H19N5OS/c1-8(2)19-11-9(14)10(16-7-17-11)18-13(3,4)12-15-5-6-20-12/h5-8H,14H2,1-4H3,(H,16,17,18). The molecule has 0 amide bonds. The average molecular weight is 293 g/mol. The highest BCUT2D eigenvalue weighted by Crippen LogP contribution is 2.31. The third kappa shape index (κ3) is 3.16. The fraction of sp³-hybridized carbons (Fsp3) is 0.462. The minimum atomic E-state index is -0.369. The van der Waals surface area contributed by atoms with Gasteiger partial charge in [-0.25, -0.2) is 9.97 Å². The molecule has 0 saturated heterocycles. The van der Waals surface area contributed by atoms with Crippen LogP contribution in [0.5, 0.6) is 5.88 Å². The predicted octanol–water partition coefficient (Wildman–Crippen LogP) is 2.65. The number of nitrogen functional groups attached to an aromatic ring is 1. The minimum Gasteiger partial charge on any atom is -0.473 e. The van der Waals surface area contributed by atoms with Crippen LogP contribution in [-0.2, 0) is 5.54 Å². The third-order valence-electron chi connectivity index (χ3n) is 2.59. The van der Waals surface area contributed by atoms with Crippen LogP contribution in [0.4, 0.5) is 11.5 Å². The predicted molar refractivity (Wildman–Crippen MR) is 81.0 cm³/mol. The molecule has 0 aliphatic heterocycles. The van der Waals surface area contributed by atoms with Crippen LogP contribution in [0.3, 0.4) is 0 Å². The zero-order valence-corrected chi connectivity index (χ0v) is 12.9. The van der Waals surface area contributed by atoms with Gasteiger partial charge in [0.25, 0.3) is 0 Å². The summed E-state index contributed by atoms with van der Waals surface area (Å²) in [6.07, 6.45) is 3.22. The fourth-order valence-electron chi connectivity index (χ4n) is 1.68. The molecule has 0 spiro atoms. The van der Waals surface area contributed by atoms with E-state index in [1.54, 1.807) is 17.5 Å². The summed E-state index contributed by atoms with van der Waals surface area (Å²) >= 11 is 1.58. The van der Waals surface area contributed by atoms with Gasteiger partial charge in [0.05, 0.1) is 11.6 Å². The van der Waals surface area contributed by atoms with Crippen LogP contribution in [0.2, 0.25) is 0 Å². The summed E-state index contributed by atoms with van der Waals surface area (Å²) in [7, 11) is 0. The first-order chi connectivity index (χ1) is 9.40. The molecular weight excluding hydrogens is 274 g/mol. The molecule has 2 aromatic heterocycles. The highest BCUT2D eigenvalue weighted by molar-refractivity contribution is 7.09. The Morgan fingerprint density at radius 2 is 2.05 bits per heavy atom. The lowest BCUT2D eigenvalue weighted by Crippen LogP contribution is -2.29. The van der Waals surface area contributed by atoms with Crippen molar-refractivity contribution >= 4 is 22.8 Å². The second-order valence-corrected chi connectivity index (χ2v) is 6.09. The number of nitrogens with zero attached hydrogens (tertiary/aromatic N) is 3. The lowest BCUT2D eigenvalue weighted by Gasteiger charge is -2.25. The highest BCUT2D eigenvalue weighted by Gasteiger charge is 2.25. The van der Waals surface area contributed by atoms with Crippen LogP contribution < -0.4 is 15.8 Å². The Kier molecular flexibility index (Phi) is 4.08. The van der Waals surface area contributed by atoms with Crippen LogP contribution in [0, 0.1) is 0 Å². The van der Waals surface area contributed by atoms with E-state index in [0.717, 1.165) is 5.01 Å². The summed E-state index contributed by atoms with van der Waals surface area (Å²) in [5.74, 6) is 0.947. The van der Waals surface area contributed by atoms with Gasteiger partial charge < -0.3 is 15.8 Å². The number of ether oxygens (including phenoxy) is 1. The topological polar surface area (TPSA) is 86.0 Å². The first-order valence-electron chi connectivity index (χ1n) is 6.35. The molecule has 2 heterocycles. The number of nitrogens with two attached hydrogens (primary N) is 1. The minimum absolute atomic E-state index is 0.00650. The van der Waals surface area contributed by atoms with Crippen LogP contribution >= 0.6 is 11.3 Å². The molecule has 0 bridgehead atoms. The van der Waals surface area contributed by atoms with E-state index in [2.05, 4.69) is 20.3 Å². The smallest absolute Gasteiger partial charge is 0.242 e. The zero-order valence-electron chi connectivity index (χ0n) is 12.0. The van der Waals surface area contributed by atoms with Crippen molar-refractivity contribution in [1.82, 2.24) is 15.0 Å². The molecule has 3 N–H and O–H groups in total. The van der Waals surface area contributed by atoms with Crippen LogP contribution in [0.25, 0.3) is 0 Å². The van der Waals surface area contributed by atoms with Crippen LogP contribution in [-0.4, -0.2) is 21.1 Å². The van der Waals surface area contributed by atoms with E-state index in [1.165, 1.54) is 6.33 Å². The number of nitrogens with one attached hydrogen (secondary N) is 1. The van der Waals surface area contributed by atoms with Gasteiger partial charge in [-0.3, -0.25) is 0 Å². The van der Waals surface area contributed by atoms with Gasteiger partial charge in [0.2, 0.25) is 5.88 Å². The number of hydrogen-bond acceptors (Lipinski definition) is 7. The maximum absolute atomic E-state index is 6.06. The van der Waals surface area contributed by atoms with Crippen molar-refractivity contribution in [3.05, 3.63) is 22.9 Å². The first kappa shape index (κ1) is 14.5. The summed E-state index contributed by atoms with van der Waals surface area (Å²) in [4.78, 5) is 12.6. The summed E-state index contributed by atoms with van der Waals surface area (Å²) < 4.78 is 5.56. The van der Waals surface area contributed by atoms with Gasteiger partial charge in [-0.2, -0.15) is 4.98 Å². The van der Waals surface area contributed by atoms with Gasteiger partial charge in [-0.05, 0) is 27.7 Å². The molecule has 2 rings (SSSR count). The first-order valence-corrected chi connectivity index (χ1v) is 7.23. The molecule has 0 aliphatic carbocycles. The van der Waals surface area contributed by atoms with Gasteiger partial charge in [0.15, 0.2) is 5.82 Å². The van der Waals surface area contributed by atoms with Crippen molar-refractivity contribution < 1.29 is 4.74 Å². The van der Waals surface area contributed by atoms with Crippen molar-refractivity contribution in [3.63, 3.8) is 0 Å². The van der Waals surface area contributed by atoms with Crippen molar-refractivity contribution in [1.29, 1.82) is 0 Å². The lowest BCUT2D eigenvalue weighted by atomic mass is 10.1. The van der Waals surface area contributed by atoms with Crippen LogP contribution in [0.15, 0.2) is 17.9 Å². The molecule has 6 nitrogen and oxygen atoms in total. The normalized spacial score (nSPS) is 11.7. The zero-order chi connectivity index (χ0) is 14.8. The molecule has 0 aliphatic rings. The van der Waals surface area contributed by atoms with E-state index >= 15 is 0 Å². The van der Waals surface area contributed by atoms with E-state index in [9.17, 15) is 0 Å². The molecule has 20 heavy (non-hydrogen) atoms. The molecule has 0 radical (unpaired) electrons. The Labute approximate surface area is 122 Å².